The zero-order valence-electron chi connectivity index (χ0n) is 16.9. The third-order valence-corrected chi connectivity index (χ3v) is 5.31. The molecule has 2 atom stereocenters. The van der Waals surface area contributed by atoms with Crippen LogP contribution in [0, 0.1) is 29.1 Å². The highest BCUT2D eigenvalue weighted by molar-refractivity contribution is 5.78. The second-order valence-electron chi connectivity index (χ2n) is 8.69. The minimum Gasteiger partial charge on any atom is -0.333 e. The lowest BCUT2D eigenvalue weighted by atomic mass is 9.93. The number of nitriles is 1. The fraction of sp³-hybridized carbons (Fsp3) is 0.636. The Morgan fingerprint density at radius 3 is 2.35 bits per heavy atom. The summed E-state index contributed by atoms with van der Waals surface area (Å²) in [6, 6.07) is 11.3. The first-order chi connectivity index (χ1) is 12.2. The number of benzene rings is 1. The van der Waals surface area contributed by atoms with Crippen LogP contribution < -0.4 is 10.6 Å². The van der Waals surface area contributed by atoms with E-state index in [-0.39, 0.29) is 11.9 Å². The Labute approximate surface area is 158 Å². The molecule has 1 aliphatic rings. The number of hydrogen-bond acceptors (Lipinski definition) is 2. The molecule has 0 aliphatic heterocycles. The molecule has 0 spiro atoms. The number of carbonyl (C=O) groups excluding carboxylic acids is 1. The van der Waals surface area contributed by atoms with Crippen molar-refractivity contribution in [3.63, 3.8) is 0 Å². The molecule has 0 heterocycles. The first-order valence-corrected chi connectivity index (χ1v) is 9.89. The molecule has 1 aromatic carbocycles. The first-order valence-electron chi connectivity index (χ1n) is 9.89. The van der Waals surface area contributed by atoms with Crippen LogP contribution in [-0.2, 0) is 11.2 Å². The van der Waals surface area contributed by atoms with Gasteiger partial charge in [0.15, 0.2) is 6.54 Å². The van der Waals surface area contributed by atoms with E-state index < -0.39 is 5.54 Å². The van der Waals surface area contributed by atoms with Crippen molar-refractivity contribution in [1.82, 2.24) is 5.32 Å². The molecular weight excluding hydrogens is 322 g/mol. The molecular formula is C22H34N3O+. The lowest BCUT2D eigenvalue weighted by Crippen LogP contribution is -2.88. The molecule has 1 aliphatic carbocycles. The summed E-state index contributed by atoms with van der Waals surface area (Å²) < 4.78 is 0. The number of nitrogens with two attached hydrogens (primary N) is 1. The van der Waals surface area contributed by atoms with E-state index in [1.807, 2.05) is 6.92 Å². The lowest BCUT2D eigenvalue weighted by Gasteiger charge is -2.24. The van der Waals surface area contributed by atoms with Crippen LogP contribution in [0.15, 0.2) is 24.3 Å². The number of nitrogens with one attached hydrogen (secondary N) is 1. The van der Waals surface area contributed by atoms with Crippen molar-refractivity contribution >= 4 is 5.91 Å². The van der Waals surface area contributed by atoms with Crippen LogP contribution >= 0.6 is 0 Å². The minimum atomic E-state index is -0.712. The minimum absolute atomic E-state index is 0.0528. The van der Waals surface area contributed by atoms with Crippen LogP contribution in [-0.4, -0.2) is 18.0 Å². The zero-order valence-corrected chi connectivity index (χ0v) is 16.9. The van der Waals surface area contributed by atoms with Crippen molar-refractivity contribution in [2.45, 2.75) is 65.5 Å². The number of quaternary nitrogens is 1. The highest BCUT2D eigenvalue weighted by atomic mass is 16.2. The van der Waals surface area contributed by atoms with Gasteiger partial charge in [0.25, 0.3) is 5.91 Å². The van der Waals surface area contributed by atoms with Crippen molar-refractivity contribution in [1.29, 1.82) is 5.26 Å². The SMILES string of the molecule is CC(C)Cc1ccc([C@H]([NH2+]CC(=O)N[C@@](C)(C#N)C2CC2)C(C)C)cc1. The van der Waals surface area contributed by atoms with E-state index in [1.165, 1.54) is 11.1 Å². The summed E-state index contributed by atoms with van der Waals surface area (Å²) in [5, 5.41) is 14.5. The Hall–Kier alpha value is -1.86. The van der Waals surface area contributed by atoms with Crippen molar-refractivity contribution < 1.29 is 10.1 Å². The molecule has 0 aromatic heterocycles. The maximum Gasteiger partial charge on any atom is 0.276 e. The zero-order chi connectivity index (χ0) is 19.3. The van der Waals surface area contributed by atoms with Gasteiger partial charge in [0.05, 0.1) is 6.07 Å². The second-order valence-corrected chi connectivity index (χ2v) is 8.69. The summed E-state index contributed by atoms with van der Waals surface area (Å²) in [7, 11) is 0. The van der Waals surface area contributed by atoms with Gasteiger partial charge in [0.1, 0.15) is 11.6 Å². The monoisotopic (exact) mass is 356 g/mol. The summed E-state index contributed by atoms with van der Waals surface area (Å²) in [6.07, 6.45) is 3.16. The second kappa shape index (κ2) is 8.68. The van der Waals surface area contributed by atoms with Gasteiger partial charge in [-0.2, -0.15) is 5.26 Å². The molecule has 2 rings (SSSR count). The van der Waals surface area contributed by atoms with Crippen molar-refractivity contribution in [2.75, 3.05) is 6.54 Å². The molecule has 1 fully saturated rings. The molecule has 0 radical (unpaired) electrons. The fourth-order valence-corrected chi connectivity index (χ4v) is 3.60. The Bertz CT molecular complexity index is 640. The van der Waals surface area contributed by atoms with E-state index in [1.54, 1.807) is 0 Å². The van der Waals surface area contributed by atoms with Gasteiger partial charge >= 0.3 is 0 Å². The number of hydrogen-bond donors (Lipinski definition) is 2. The quantitative estimate of drug-likeness (QED) is 0.714. The highest BCUT2D eigenvalue weighted by Gasteiger charge is 2.43. The fourth-order valence-electron chi connectivity index (χ4n) is 3.60. The normalized spacial score (nSPS) is 17.6. The molecule has 1 amide bonds. The van der Waals surface area contributed by atoms with E-state index in [4.69, 9.17) is 0 Å². The van der Waals surface area contributed by atoms with E-state index in [9.17, 15) is 10.1 Å². The topological polar surface area (TPSA) is 69.5 Å². The molecule has 1 saturated carbocycles. The van der Waals surface area contributed by atoms with E-state index >= 15 is 0 Å². The van der Waals surface area contributed by atoms with Crippen LogP contribution in [0.5, 0.6) is 0 Å². The summed E-state index contributed by atoms with van der Waals surface area (Å²) in [5.74, 6) is 1.33. The molecule has 4 heteroatoms. The lowest BCUT2D eigenvalue weighted by molar-refractivity contribution is -0.692. The number of nitrogens with zero attached hydrogens (tertiary/aromatic N) is 1. The van der Waals surface area contributed by atoms with Gasteiger partial charge in [-0.1, -0.05) is 52.0 Å². The van der Waals surface area contributed by atoms with Gasteiger partial charge in [-0.25, -0.2) is 0 Å². The maximum absolute atomic E-state index is 12.4. The number of carbonyl (C=O) groups is 1. The molecule has 0 saturated heterocycles. The van der Waals surface area contributed by atoms with E-state index in [0.29, 0.717) is 24.3 Å². The van der Waals surface area contributed by atoms with Gasteiger partial charge in [0.2, 0.25) is 0 Å². The van der Waals surface area contributed by atoms with E-state index in [0.717, 1.165) is 19.3 Å². The van der Waals surface area contributed by atoms with Crippen LogP contribution in [0.2, 0.25) is 0 Å². The number of amides is 1. The van der Waals surface area contributed by atoms with E-state index in [2.05, 4.69) is 68.7 Å². The Kier molecular flexibility index (Phi) is 6.83. The maximum atomic E-state index is 12.4. The Balaban J connectivity index is 1.95. The standard InChI is InChI=1S/C22H33N3O/c1-15(2)12-17-6-8-18(9-7-17)21(16(3)4)24-13-20(26)25-22(5,14-23)19-10-11-19/h6-9,15-16,19,21,24H,10-13H2,1-5H3,(H,25,26)/p+1/t21-,22+/m1/s1. The largest absolute Gasteiger partial charge is 0.333 e. The summed E-state index contributed by atoms with van der Waals surface area (Å²) in [6.45, 7) is 11.0. The summed E-state index contributed by atoms with van der Waals surface area (Å²) >= 11 is 0. The highest BCUT2D eigenvalue weighted by Crippen LogP contribution is 2.39. The van der Waals surface area contributed by atoms with Gasteiger partial charge in [-0.05, 0) is 43.6 Å². The van der Waals surface area contributed by atoms with Crippen molar-refractivity contribution in [3.8, 4) is 6.07 Å². The molecule has 3 N–H and O–H groups in total. The van der Waals surface area contributed by atoms with Crippen LogP contribution in [0.3, 0.4) is 0 Å². The smallest absolute Gasteiger partial charge is 0.276 e. The third-order valence-electron chi connectivity index (χ3n) is 5.31. The molecule has 142 valence electrons. The number of rotatable bonds is 9. The molecule has 4 nitrogen and oxygen atoms in total. The van der Waals surface area contributed by atoms with Gasteiger partial charge in [0, 0.05) is 11.5 Å². The molecule has 26 heavy (non-hydrogen) atoms. The van der Waals surface area contributed by atoms with Crippen LogP contribution in [0.1, 0.15) is 64.6 Å². The Morgan fingerprint density at radius 1 is 1.27 bits per heavy atom. The van der Waals surface area contributed by atoms with Crippen LogP contribution in [0.25, 0.3) is 0 Å². The van der Waals surface area contributed by atoms with Crippen molar-refractivity contribution in [3.05, 3.63) is 35.4 Å². The van der Waals surface area contributed by atoms with Crippen molar-refractivity contribution in [2.24, 2.45) is 17.8 Å². The predicted molar refractivity (Wildman–Crippen MR) is 104 cm³/mol. The van der Waals surface area contributed by atoms with Gasteiger partial charge in [-0.15, -0.1) is 0 Å². The summed E-state index contributed by atoms with van der Waals surface area (Å²) in [4.78, 5) is 12.4. The van der Waals surface area contributed by atoms with Gasteiger partial charge in [-0.3, -0.25) is 4.79 Å². The van der Waals surface area contributed by atoms with Gasteiger partial charge < -0.3 is 10.6 Å². The average molecular weight is 357 g/mol. The summed E-state index contributed by atoms with van der Waals surface area (Å²) in [5.41, 5.74) is 1.90. The predicted octanol–water partition coefficient (Wildman–Crippen LogP) is 2.95. The molecule has 0 bridgehead atoms. The van der Waals surface area contributed by atoms with Crippen LogP contribution in [0.4, 0.5) is 0 Å². The third kappa shape index (κ3) is 5.57. The average Bonchev–Trinajstić information content (AvgIpc) is 3.41. The molecule has 1 aromatic rings. The first kappa shape index (κ1) is 20.5. The molecule has 0 unspecified atom stereocenters. The Morgan fingerprint density at radius 2 is 1.88 bits per heavy atom.